The molecule has 18 heavy (non-hydrogen) atoms. The number of ether oxygens (including phenoxy) is 2. The summed E-state index contributed by atoms with van der Waals surface area (Å²) in [5.41, 5.74) is -0.757. The Morgan fingerprint density at radius 1 is 1.39 bits per heavy atom. The third-order valence-corrected chi connectivity index (χ3v) is 2.27. The Labute approximate surface area is 101 Å². The fourth-order valence-electron chi connectivity index (χ4n) is 1.58. The highest BCUT2D eigenvalue weighted by Gasteiger charge is 2.15. The molecule has 0 radical (unpaired) electrons. The molecule has 2 aromatic rings. The van der Waals surface area contributed by atoms with E-state index in [0.717, 1.165) is 0 Å². The molecular formula is C12H10O6. The van der Waals surface area contributed by atoms with Gasteiger partial charge in [0.15, 0.2) is 5.75 Å². The molecule has 1 heterocycles. The van der Waals surface area contributed by atoms with Crippen molar-refractivity contribution in [2.24, 2.45) is 0 Å². The normalized spacial score (nSPS) is 10.3. The third kappa shape index (κ3) is 2.00. The SMILES string of the molecule is COc1c(O)c(=O)oc2cc(OC(C)=O)ccc12. The minimum absolute atomic E-state index is 0.0237. The Hall–Kier alpha value is -2.50. The minimum atomic E-state index is -0.917. The largest absolute Gasteiger partial charge is 0.499 e. The summed E-state index contributed by atoms with van der Waals surface area (Å²) in [5.74, 6) is -0.811. The minimum Gasteiger partial charge on any atom is -0.499 e. The highest BCUT2D eigenvalue weighted by Crippen LogP contribution is 2.33. The van der Waals surface area contributed by atoms with Crippen molar-refractivity contribution in [3.05, 3.63) is 28.6 Å². The zero-order chi connectivity index (χ0) is 13.3. The second kappa shape index (κ2) is 4.40. The van der Waals surface area contributed by atoms with Crippen LogP contribution in [-0.2, 0) is 4.79 Å². The van der Waals surface area contributed by atoms with Crippen molar-refractivity contribution in [3.63, 3.8) is 0 Å². The number of rotatable bonds is 2. The number of carbonyl (C=O) groups excluding carboxylic acids is 1. The average molecular weight is 250 g/mol. The van der Waals surface area contributed by atoms with Crippen LogP contribution in [-0.4, -0.2) is 18.2 Å². The molecule has 0 saturated carbocycles. The van der Waals surface area contributed by atoms with Crippen LogP contribution >= 0.6 is 0 Å². The maximum Gasteiger partial charge on any atom is 0.382 e. The van der Waals surface area contributed by atoms with Crippen LogP contribution in [0.25, 0.3) is 11.0 Å². The molecule has 0 aliphatic carbocycles. The van der Waals surface area contributed by atoms with E-state index in [2.05, 4.69) is 0 Å². The van der Waals surface area contributed by atoms with Gasteiger partial charge in [0.2, 0.25) is 5.75 Å². The molecule has 0 amide bonds. The standard InChI is InChI=1S/C12H10O6/c1-6(13)17-7-3-4-8-9(5-7)18-12(15)10(14)11(8)16-2/h3-5,14H,1-2H3. The highest BCUT2D eigenvalue weighted by molar-refractivity contribution is 5.87. The Balaban J connectivity index is 2.68. The highest BCUT2D eigenvalue weighted by atomic mass is 16.5. The topological polar surface area (TPSA) is 86.0 Å². The van der Waals surface area contributed by atoms with Crippen LogP contribution in [0.3, 0.4) is 0 Å². The van der Waals surface area contributed by atoms with Gasteiger partial charge < -0.3 is 19.0 Å². The van der Waals surface area contributed by atoms with Gasteiger partial charge in [-0.05, 0) is 12.1 Å². The summed E-state index contributed by atoms with van der Waals surface area (Å²) < 4.78 is 14.7. The molecule has 1 N–H and O–H groups in total. The van der Waals surface area contributed by atoms with Gasteiger partial charge in [-0.25, -0.2) is 4.79 Å². The molecule has 6 heteroatoms. The summed E-state index contributed by atoms with van der Waals surface area (Å²) in [4.78, 5) is 22.2. The Bertz CT molecular complexity index is 670. The summed E-state index contributed by atoms with van der Waals surface area (Å²) >= 11 is 0. The average Bonchev–Trinajstić information content (AvgIpc) is 2.30. The van der Waals surface area contributed by atoms with E-state index < -0.39 is 17.3 Å². The first kappa shape index (κ1) is 12.0. The van der Waals surface area contributed by atoms with Gasteiger partial charge in [0.25, 0.3) is 0 Å². The first-order valence-corrected chi connectivity index (χ1v) is 5.05. The van der Waals surface area contributed by atoms with Crippen LogP contribution in [0.2, 0.25) is 0 Å². The van der Waals surface area contributed by atoms with Gasteiger partial charge in [0, 0.05) is 13.0 Å². The van der Waals surface area contributed by atoms with Gasteiger partial charge >= 0.3 is 11.6 Å². The van der Waals surface area contributed by atoms with E-state index in [0.29, 0.717) is 5.39 Å². The molecule has 1 aromatic heterocycles. The van der Waals surface area contributed by atoms with Gasteiger partial charge in [-0.15, -0.1) is 0 Å². The lowest BCUT2D eigenvalue weighted by Gasteiger charge is -2.07. The number of benzene rings is 1. The first-order valence-electron chi connectivity index (χ1n) is 5.05. The summed E-state index contributed by atoms with van der Waals surface area (Å²) in [6.07, 6.45) is 0. The van der Waals surface area contributed by atoms with Crippen LogP contribution in [0.5, 0.6) is 17.2 Å². The Kier molecular flexibility index (Phi) is 2.93. The molecule has 0 atom stereocenters. The number of hydrogen-bond donors (Lipinski definition) is 1. The smallest absolute Gasteiger partial charge is 0.382 e. The van der Waals surface area contributed by atoms with E-state index in [1.807, 2.05) is 0 Å². The van der Waals surface area contributed by atoms with Gasteiger partial charge in [-0.1, -0.05) is 0 Å². The number of carbonyl (C=O) groups is 1. The fourth-order valence-corrected chi connectivity index (χ4v) is 1.58. The van der Waals surface area contributed by atoms with Crippen molar-refractivity contribution >= 4 is 16.9 Å². The third-order valence-electron chi connectivity index (χ3n) is 2.27. The lowest BCUT2D eigenvalue weighted by Crippen LogP contribution is -2.03. The monoisotopic (exact) mass is 250 g/mol. The van der Waals surface area contributed by atoms with Gasteiger partial charge in [-0.3, -0.25) is 4.79 Å². The van der Waals surface area contributed by atoms with E-state index in [1.54, 1.807) is 0 Å². The number of hydrogen-bond acceptors (Lipinski definition) is 6. The zero-order valence-electron chi connectivity index (χ0n) is 9.72. The van der Waals surface area contributed by atoms with E-state index >= 15 is 0 Å². The van der Waals surface area contributed by atoms with E-state index in [4.69, 9.17) is 13.9 Å². The maximum atomic E-state index is 11.3. The van der Waals surface area contributed by atoms with Crippen LogP contribution in [0.15, 0.2) is 27.4 Å². The van der Waals surface area contributed by atoms with E-state index in [1.165, 1.54) is 32.2 Å². The Morgan fingerprint density at radius 3 is 2.72 bits per heavy atom. The van der Waals surface area contributed by atoms with Gasteiger partial charge in [0.05, 0.1) is 12.5 Å². The van der Waals surface area contributed by atoms with Crippen molar-refractivity contribution in [1.82, 2.24) is 0 Å². The molecule has 94 valence electrons. The van der Waals surface area contributed by atoms with Crippen LogP contribution in [0.4, 0.5) is 0 Å². The molecule has 0 unspecified atom stereocenters. The number of methoxy groups -OCH3 is 1. The zero-order valence-corrected chi connectivity index (χ0v) is 9.72. The molecule has 0 fully saturated rings. The summed E-state index contributed by atoms with van der Waals surface area (Å²) in [6, 6.07) is 4.40. The second-order valence-electron chi connectivity index (χ2n) is 3.52. The molecule has 2 rings (SSSR count). The van der Waals surface area contributed by atoms with E-state index in [9.17, 15) is 14.7 Å². The van der Waals surface area contributed by atoms with Crippen molar-refractivity contribution in [2.45, 2.75) is 6.92 Å². The summed E-state index contributed by atoms with van der Waals surface area (Å²) in [5, 5.41) is 9.90. The van der Waals surface area contributed by atoms with Gasteiger partial charge in [-0.2, -0.15) is 0 Å². The number of fused-ring (bicyclic) bond motifs is 1. The quantitative estimate of drug-likeness (QED) is 0.493. The molecule has 0 bridgehead atoms. The second-order valence-corrected chi connectivity index (χ2v) is 3.52. The van der Waals surface area contributed by atoms with Crippen LogP contribution in [0.1, 0.15) is 6.92 Å². The number of aromatic hydroxyl groups is 1. The molecular weight excluding hydrogens is 240 g/mol. The summed E-state index contributed by atoms with van der Waals surface area (Å²) in [6.45, 7) is 1.26. The van der Waals surface area contributed by atoms with Crippen molar-refractivity contribution in [2.75, 3.05) is 7.11 Å². The molecule has 0 aliphatic heterocycles. The molecule has 0 spiro atoms. The van der Waals surface area contributed by atoms with Crippen LogP contribution < -0.4 is 15.1 Å². The molecule has 0 aliphatic rings. The molecule has 0 saturated heterocycles. The molecule has 1 aromatic carbocycles. The lowest BCUT2D eigenvalue weighted by atomic mass is 10.2. The van der Waals surface area contributed by atoms with Crippen molar-refractivity contribution in [3.8, 4) is 17.2 Å². The van der Waals surface area contributed by atoms with Crippen molar-refractivity contribution in [1.29, 1.82) is 0 Å². The predicted octanol–water partition coefficient (Wildman–Crippen LogP) is 1.43. The first-order chi connectivity index (χ1) is 8.52. The number of esters is 1. The van der Waals surface area contributed by atoms with Crippen LogP contribution in [0, 0.1) is 0 Å². The fraction of sp³-hybridized carbons (Fsp3) is 0.167. The Morgan fingerprint density at radius 2 is 2.11 bits per heavy atom. The predicted molar refractivity (Wildman–Crippen MR) is 62.0 cm³/mol. The van der Waals surface area contributed by atoms with Gasteiger partial charge in [0.1, 0.15) is 11.3 Å². The summed E-state index contributed by atoms with van der Waals surface area (Å²) in [7, 11) is 1.33. The van der Waals surface area contributed by atoms with E-state index in [-0.39, 0.29) is 17.1 Å². The molecule has 6 nitrogen and oxygen atoms in total. The lowest BCUT2D eigenvalue weighted by molar-refractivity contribution is -0.131. The van der Waals surface area contributed by atoms with Crippen molar-refractivity contribution < 1.29 is 23.8 Å². The maximum absolute atomic E-state index is 11.3.